The van der Waals surface area contributed by atoms with Crippen molar-refractivity contribution in [3.8, 4) is 0 Å². The van der Waals surface area contributed by atoms with Gasteiger partial charge >= 0.3 is 5.97 Å². The second kappa shape index (κ2) is 18.1. The average Bonchev–Trinajstić information content (AvgIpc) is 3.32. The van der Waals surface area contributed by atoms with Gasteiger partial charge in [0.2, 0.25) is 5.91 Å². The molecular formula is C36H61N5O5. The number of carbonyl (C=O) groups excluding carboxylic acids is 2. The van der Waals surface area contributed by atoms with E-state index in [0.29, 0.717) is 38.6 Å². The minimum atomic E-state index is -0.756. The minimum absolute atomic E-state index is 0.0191. The quantitative estimate of drug-likeness (QED) is 0.156. The largest absolute Gasteiger partial charge is 0.460 e. The van der Waals surface area contributed by atoms with Gasteiger partial charge in [0, 0.05) is 56.9 Å². The van der Waals surface area contributed by atoms with Crippen molar-refractivity contribution in [3.63, 3.8) is 0 Å². The molecule has 0 saturated carbocycles. The first-order valence-electron chi connectivity index (χ1n) is 17.4. The fourth-order valence-corrected chi connectivity index (χ4v) is 6.33. The molecule has 1 amide bonds. The van der Waals surface area contributed by atoms with Crippen LogP contribution in [0, 0.1) is 36.5 Å². The molecule has 2 aromatic rings. The van der Waals surface area contributed by atoms with Crippen LogP contribution in [0.5, 0.6) is 0 Å². The Labute approximate surface area is 276 Å². The Bertz CT molecular complexity index is 1240. The lowest BCUT2D eigenvalue weighted by Gasteiger charge is -2.34. The van der Waals surface area contributed by atoms with Crippen LogP contribution >= 0.6 is 0 Å². The van der Waals surface area contributed by atoms with Crippen molar-refractivity contribution < 1.29 is 23.8 Å². The zero-order chi connectivity index (χ0) is 34.0. The highest BCUT2D eigenvalue weighted by molar-refractivity contribution is 5.82. The first-order valence-corrected chi connectivity index (χ1v) is 17.4. The average molecular weight is 644 g/mol. The molecule has 0 unspecified atom stereocenters. The van der Waals surface area contributed by atoms with Crippen LogP contribution in [0.1, 0.15) is 84.9 Å². The normalized spacial score (nSPS) is 17.8. The van der Waals surface area contributed by atoms with Crippen LogP contribution in [-0.2, 0) is 36.8 Å². The van der Waals surface area contributed by atoms with Crippen molar-refractivity contribution in [1.82, 2.24) is 15.1 Å². The van der Waals surface area contributed by atoms with Gasteiger partial charge < -0.3 is 31.0 Å². The van der Waals surface area contributed by atoms with Crippen molar-refractivity contribution in [2.45, 2.75) is 118 Å². The molecule has 0 spiro atoms. The maximum atomic E-state index is 13.6. The first kappa shape index (κ1) is 37.9. The Balaban J connectivity index is 1.81. The molecule has 1 aliphatic rings. The number of nitrogens with zero attached hydrogens (tertiary/aromatic N) is 2. The van der Waals surface area contributed by atoms with Crippen molar-refractivity contribution in [2.24, 2.45) is 41.1 Å². The van der Waals surface area contributed by atoms with Gasteiger partial charge in [-0.05, 0) is 80.8 Å². The van der Waals surface area contributed by atoms with Crippen molar-refractivity contribution in [1.29, 1.82) is 0 Å². The summed E-state index contributed by atoms with van der Waals surface area (Å²) in [5.41, 5.74) is 16.5. The van der Waals surface area contributed by atoms with Crippen LogP contribution in [0.2, 0.25) is 0 Å². The second-order valence-electron chi connectivity index (χ2n) is 14.3. The van der Waals surface area contributed by atoms with E-state index in [-0.39, 0.29) is 35.6 Å². The number of aryl methyl sites for hydroxylation is 2. The molecule has 1 fully saturated rings. The van der Waals surface area contributed by atoms with Gasteiger partial charge in [0.05, 0.1) is 11.2 Å². The van der Waals surface area contributed by atoms with Crippen LogP contribution in [0.15, 0.2) is 18.2 Å². The predicted octanol–water partition coefficient (Wildman–Crippen LogP) is 4.77. The highest BCUT2D eigenvalue weighted by Gasteiger charge is 2.35. The van der Waals surface area contributed by atoms with E-state index in [9.17, 15) is 9.59 Å². The molecule has 1 saturated heterocycles. The highest BCUT2D eigenvalue weighted by atomic mass is 16.5. The van der Waals surface area contributed by atoms with Crippen LogP contribution in [-0.4, -0.2) is 72.8 Å². The number of carbonyl (C=O) groups is 2. The van der Waals surface area contributed by atoms with Crippen molar-refractivity contribution >= 4 is 22.8 Å². The summed E-state index contributed by atoms with van der Waals surface area (Å²) in [6.07, 6.45) is 3.67. The molecule has 0 radical (unpaired) electrons. The number of hydrogen-bond acceptors (Lipinski definition) is 8. The minimum Gasteiger partial charge on any atom is -0.460 e. The van der Waals surface area contributed by atoms with Crippen molar-refractivity contribution in [3.05, 3.63) is 29.5 Å². The molecule has 10 nitrogen and oxygen atoms in total. The number of fused-ring (bicyclic) bond motifs is 1. The summed E-state index contributed by atoms with van der Waals surface area (Å²) in [4.78, 5) is 26.7. The monoisotopic (exact) mass is 643 g/mol. The second-order valence-corrected chi connectivity index (χ2v) is 14.3. The smallest absolute Gasteiger partial charge is 0.323 e. The molecule has 260 valence electrons. The number of aromatic nitrogens is 2. The van der Waals surface area contributed by atoms with Gasteiger partial charge in [-0.2, -0.15) is 5.10 Å². The summed E-state index contributed by atoms with van der Waals surface area (Å²) in [6, 6.07) is 5.48. The fraction of sp³-hybridized carbons (Fsp3) is 0.750. The molecule has 46 heavy (non-hydrogen) atoms. The third kappa shape index (κ3) is 10.8. The number of rotatable bonds is 18. The maximum absolute atomic E-state index is 13.6. The predicted molar refractivity (Wildman–Crippen MR) is 183 cm³/mol. The number of amides is 1. The van der Waals surface area contributed by atoms with Crippen molar-refractivity contribution in [2.75, 3.05) is 26.9 Å². The summed E-state index contributed by atoms with van der Waals surface area (Å²) in [7, 11) is 1.72. The SMILES string of the molecule is COCCCn1nc(C)c2ccc(C[C@@H](C[C@H](N)[C@H](C[C@H](C(=O)NC3CCOCC3)C(C)C)OC(=O)[C@@H](N)C(C)C)C(C)C)cc21. The lowest BCUT2D eigenvalue weighted by atomic mass is 9.80. The van der Waals surface area contributed by atoms with E-state index in [0.717, 1.165) is 48.8 Å². The first-order chi connectivity index (χ1) is 21.8. The molecular weight excluding hydrogens is 582 g/mol. The Kier molecular flexibility index (Phi) is 14.9. The number of ether oxygens (including phenoxy) is 3. The molecule has 0 bridgehead atoms. The summed E-state index contributed by atoms with van der Waals surface area (Å²) < 4.78 is 18.9. The molecule has 1 aromatic carbocycles. The van der Waals surface area contributed by atoms with Crippen LogP contribution in [0.3, 0.4) is 0 Å². The zero-order valence-electron chi connectivity index (χ0n) is 29.6. The van der Waals surface area contributed by atoms with E-state index in [4.69, 9.17) is 30.8 Å². The number of nitrogens with one attached hydrogen (secondary N) is 1. The molecule has 10 heteroatoms. The summed E-state index contributed by atoms with van der Waals surface area (Å²) >= 11 is 0. The van der Waals surface area contributed by atoms with Crippen LogP contribution < -0.4 is 16.8 Å². The third-order valence-corrected chi connectivity index (χ3v) is 9.67. The van der Waals surface area contributed by atoms with Gasteiger partial charge in [-0.1, -0.05) is 53.7 Å². The molecule has 3 rings (SSSR count). The fourth-order valence-electron chi connectivity index (χ4n) is 6.33. The highest BCUT2D eigenvalue weighted by Crippen LogP contribution is 2.29. The Morgan fingerprint density at radius 1 is 1.04 bits per heavy atom. The van der Waals surface area contributed by atoms with Gasteiger partial charge in [-0.15, -0.1) is 0 Å². The molecule has 2 heterocycles. The van der Waals surface area contributed by atoms with E-state index in [2.05, 4.69) is 42.0 Å². The van der Waals surface area contributed by atoms with E-state index in [1.54, 1.807) is 7.11 Å². The van der Waals surface area contributed by atoms with Gasteiger partial charge in [0.1, 0.15) is 12.1 Å². The van der Waals surface area contributed by atoms with E-state index in [1.165, 1.54) is 5.56 Å². The van der Waals surface area contributed by atoms with E-state index in [1.807, 2.05) is 34.6 Å². The molecule has 1 aromatic heterocycles. The Morgan fingerprint density at radius 3 is 2.35 bits per heavy atom. The van der Waals surface area contributed by atoms with E-state index < -0.39 is 24.2 Å². The third-order valence-electron chi connectivity index (χ3n) is 9.67. The standard InChI is InChI=1S/C36H61N5O5/c1-22(2)27(18-26-10-11-29-25(7)40-41(32(29)19-26)14-9-15-44-8)20-31(37)33(46-36(43)34(38)24(5)6)21-30(23(3)4)35(42)39-28-12-16-45-17-13-28/h10-11,19,22-24,27-28,30-31,33-34H,9,12-18,20-21,37-38H2,1-8H3,(H,39,42)/t27-,30-,31-,33-,34-/m0/s1. The van der Waals surface area contributed by atoms with Gasteiger partial charge in [0.25, 0.3) is 0 Å². The molecule has 0 aliphatic carbocycles. The lowest BCUT2D eigenvalue weighted by molar-refractivity contribution is -0.155. The van der Waals surface area contributed by atoms with Crippen LogP contribution in [0.4, 0.5) is 0 Å². The lowest BCUT2D eigenvalue weighted by Crippen LogP contribution is -2.49. The number of nitrogens with two attached hydrogens (primary N) is 2. The zero-order valence-corrected chi connectivity index (χ0v) is 29.6. The van der Waals surface area contributed by atoms with Gasteiger partial charge in [-0.3, -0.25) is 14.3 Å². The molecule has 5 atom stereocenters. The van der Waals surface area contributed by atoms with E-state index >= 15 is 0 Å². The molecule has 1 aliphatic heterocycles. The van der Waals surface area contributed by atoms with Gasteiger partial charge in [-0.25, -0.2) is 0 Å². The van der Waals surface area contributed by atoms with Gasteiger partial charge in [0.15, 0.2) is 0 Å². The number of methoxy groups -OCH3 is 1. The molecule has 5 N–H and O–H groups in total. The number of esters is 1. The summed E-state index contributed by atoms with van der Waals surface area (Å²) in [5, 5.41) is 9.17. The number of benzene rings is 1. The topological polar surface area (TPSA) is 144 Å². The number of hydrogen-bond donors (Lipinski definition) is 3. The maximum Gasteiger partial charge on any atom is 0.323 e. The summed E-state index contributed by atoms with van der Waals surface area (Å²) in [5.74, 6) is -0.317. The summed E-state index contributed by atoms with van der Waals surface area (Å²) in [6.45, 7) is 17.1. The Hall–Kier alpha value is -2.53. The van der Waals surface area contributed by atoms with Crippen LogP contribution in [0.25, 0.3) is 10.9 Å². The Morgan fingerprint density at radius 2 is 1.74 bits per heavy atom.